The molecule has 1 aliphatic heterocycles. The van der Waals surface area contributed by atoms with Gasteiger partial charge in [-0.05, 0) is 30.7 Å². The maximum absolute atomic E-state index is 12.6. The number of aromatic nitrogens is 2. The van der Waals surface area contributed by atoms with Crippen LogP contribution in [0.2, 0.25) is 0 Å². The summed E-state index contributed by atoms with van der Waals surface area (Å²) in [7, 11) is -3.92. The van der Waals surface area contributed by atoms with Gasteiger partial charge in [-0.2, -0.15) is 0 Å². The predicted octanol–water partition coefficient (Wildman–Crippen LogP) is 0.678. The van der Waals surface area contributed by atoms with E-state index in [4.69, 9.17) is 10.8 Å². The van der Waals surface area contributed by atoms with Gasteiger partial charge in [-0.3, -0.25) is 19.1 Å². The molecule has 1 fully saturated rings. The number of carboxylic acids is 1. The van der Waals surface area contributed by atoms with Crippen molar-refractivity contribution in [3.05, 3.63) is 29.3 Å². The third-order valence-corrected chi connectivity index (χ3v) is 8.08. The molecule has 2 atom stereocenters. The van der Waals surface area contributed by atoms with Crippen LogP contribution < -0.4 is 15.4 Å². The summed E-state index contributed by atoms with van der Waals surface area (Å²) in [6, 6.07) is 4.14. The van der Waals surface area contributed by atoms with Crippen LogP contribution in [0.4, 0.5) is 10.8 Å². The predicted molar refractivity (Wildman–Crippen MR) is 116 cm³/mol. The minimum atomic E-state index is -3.92. The number of nitrogens with one attached hydrogen (secondary N) is 1. The minimum Gasteiger partial charge on any atom is -0.480 e. The van der Waals surface area contributed by atoms with Gasteiger partial charge in [0.05, 0.1) is 15.8 Å². The minimum absolute atomic E-state index is 0.0128. The molecule has 0 spiro atoms. The van der Waals surface area contributed by atoms with Gasteiger partial charge in [0.2, 0.25) is 16.9 Å². The number of sulfonamides is 1. The molecule has 2 aromatic rings. The molecule has 2 heterocycles. The van der Waals surface area contributed by atoms with Gasteiger partial charge >= 0.3 is 5.97 Å². The normalized spacial score (nSPS) is 17.7. The summed E-state index contributed by atoms with van der Waals surface area (Å²) >= 11 is 2.14. The second-order valence-corrected chi connectivity index (χ2v) is 10.5. The van der Waals surface area contributed by atoms with Crippen LogP contribution in [0.25, 0.3) is 0 Å². The number of nitrogens with two attached hydrogens (primary N) is 1. The highest BCUT2D eigenvalue weighted by Gasteiger charge is 2.40. The van der Waals surface area contributed by atoms with Gasteiger partial charge in [0, 0.05) is 12.2 Å². The molecular formula is C17H19N5O6S3. The number of rotatable bonds is 9. The molecule has 0 saturated carbocycles. The number of nitrogens with zero attached hydrogens (tertiary/aromatic N) is 3. The first-order valence-corrected chi connectivity index (χ1v) is 12.4. The second kappa shape index (κ2) is 9.30. The van der Waals surface area contributed by atoms with E-state index in [1.54, 1.807) is 0 Å². The number of hydrogen-bond donors (Lipinski definition) is 3. The van der Waals surface area contributed by atoms with Crippen LogP contribution in [0, 0.1) is 0 Å². The van der Waals surface area contributed by atoms with E-state index in [0.717, 1.165) is 28.0 Å². The number of thioether (sulfide) groups is 1. The van der Waals surface area contributed by atoms with Crippen molar-refractivity contribution in [3.8, 4) is 0 Å². The highest BCUT2D eigenvalue weighted by atomic mass is 32.2. The molecule has 0 radical (unpaired) electrons. The first-order chi connectivity index (χ1) is 14.6. The summed E-state index contributed by atoms with van der Waals surface area (Å²) in [6.45, 7) is 1.88. The van der Waals surface area contributed by atoms with Crippen LogP contribution in [0.3, 0.4) is 0 Å². The van der Waals surface area contributed by atoms with E-state index in [2.05, 4.69) is 14.9 Å². The highest BCUT2D eigenvalue weighted by Crippen LogP contribution is 2.31. The SMILES string of the molecule is CCc1nnc(NS(=O)(=O)c2ccc(N3C(=O)CC(SCC(N)C(=O)O)C3=O)cc2)s1. The maximum Gasteiger partial charge on any atom is 0.321 e. The van der Waals surface area contributed by atoms with E-state index in [1.165, 1.54) is 24.3 Å². The van der Waals surface area contributed by atoms with E-state index in [0.29, 0.717) is 11.4 Å². The molecule has 2 unspecified atom stereocenters. The standard InChI is InChI=1S/C17H19N5O6S3/c1-2-13-19-20-17(30-13)21-31(27,28)10-5-3-9(4-6-10)22-14(23)7-12(15(22)24)29-8-11(18)16(25)26/h3-6,11-12H,2,7-8,18H2,1H3,(H,20,21)(H,25,26). The molecule has 1 aromatic carbocycles. The summed E-state index contributed by atoms with van der Waals surface area (Å²) in [5, 5.41) is 16.6. The lowest BCUT2D eigenvalue weighted by atomic mass is 10.3. The Kier molecular flexibility index (Phi) is 6.93. The summed E-state index contributed by atoms with van der Waals surface area (Å²) in [5.41, 5.74) is 5.67. The van der Waals surface area contributed by atoms with E-state index < -0.39 is 39.1 Å². The Morgan fingerprint density at radius 1 is 1.35 bits per heavy atom. The third kappa shape index (κ3) is 5.20. The summed E-state index contributed by atoms with van der Waals surface area (Å²) in [6.07, 6.45) is 0.543. The highest BCUT2D eigenvalue weighted by molar-refractivity contribution is 8.00. The Morgan fingerprint density at radius 2 is 2.03 bits per heavy atom. The Labute approximate surface area is 186 Å². The zero-order valence-electron chi connectivity index (χ0n) is 16.2. The zero-order chi connectivity index (χ0) is 22.8. The van der Waals surface area contributed by atoms with Crippen molar-refractivity contribution < 1.29 is 27.9 Å². The van der Waals surface area contributed by atoms with Gasteiger partial charge in [0.1, 0.15) is 11.0 Å². The van der Waals surface area contributed by atoms with Gasteiger partial charge in [-0.25, -0.2) is 13.3 Å². The monoisotopic (exact) mass is 485 g/mol. The maximum atomic E-state index is 12.6. The molecule has 11 nitrogen and oxygen atoms in total. The average Bonchev–Trinajstić information content (AvgIpc) is 3.29. The number of benzene rings is 1. The van der Waals surface area contributed by atoms with E-state index in [9.17, 15) is 22.8 Å². The molecule has 4 N–H and O–H groups in total. The fourth-order valence-electron chi connectivity index (χ4n) is 2.68. The lowest BCUT2D eigenvalue weighted by Gasteiger charge is -2.16. The topological polar surface area (TPSA) is 173 Å². The molecule has 3 rings (SSSR count). The lowest BCUT2D eigenvalue weighted by molar-refractivity contribution is -0.138. The fourth-order valence-corrected chi connectivity index (χ4v) is 5.68. The average molecular weight is 486 g/mol. The van der Waals surface area contributed by atoms with Gasteiger partial charge in [0.15, 0.2) is 0 Å². The number of amides is 2. The quantitative estimate of drug-likeness (QED) is 0.429. The number of aryl methyl sites for hydroxylation is 1. The van der Waals surface area contributed by atoms with Crippen LogP contribution in [-0.4, -0.2) is 58.5 Å². The Balaban J connectivity index is 1.71. The Morgan fingerprint density at radius 3 is 2.61 bits per heavy atom. The summed E-state index contributed by atoms with van der Waals surface area (Å²) in [5.74, 6) is -2.16. The number of aliphatic carboxylic acids is 1. The molecule has 1 aliphatic rings. The molecule has 0 bridgehead atoms. The van der Waals surface area contributed by atoms with Crippen LogP contribution in [0.1, 0.15) is 18.4 Å². The molecule has 1 aromatic heterocycles. The summed E-state index contributed by atoms with van der Waals surface area (Å²) < 4.78 is 27.4. The molecule has 1 saturated heterocycles. The van der Waals surface area contributed by atoms with Crippen molar-refractivity contribution in [1.29, 1.82) is 0 Å². The van der Waals surface area contributed by atoms with Crippen molar-refractivity contribution in [1.82, 2.24) is 10.2 Å². The summed E-state index contributed by atoms with van der Waals surface area (Å²) in [4.78, 5) is 36.6. The van der Waals surface area contributed by atoms with Crippen LogP contribution >= 0.6 is 23.1 Å². The number of carbonyl (C=O) groups excluding carboxylic acids is 2. The molecule has 2 amide bonds. The van der Waals surface area contributed by atoms with E-state index >= 15 is 0 Å². The van der Waals surface area contributed by atoms with Crippen LogP contribution in [0.15, 0.2) is 29.2 Å². The first kappa shape index (κ1) is 23.1. The van der Waals surface area contributed by atoms with Crippen LogP contribution in [0.5, 0.6) is 0 Å². The van der Waals surface area contributed by atoms with Gasteiger partial charge < -0.3 is 10.8 Å². The zero-order valence-corrected chi connectivity index (χ0v) is 18.7. The number of imide groups is 1. The van der Waals surface area contributed by atoms with Crippen molar-refractivity contribution >= 4 is 61.7 Å². The van der Waals surface area contributed by atoms with Gasteiger partial charge in [0.25, 0.3) is 10.0 Å². The number of carbonyl (C=O) groups is 3. The molecule has 166 valence electrons. The lowest BCUT2D eigenvalue weighted by Crippen LogP contribution is -2.35. The molecular weight excluding hydrogens is 466 g/mol. The van der Waals surface area contributed by atoms with E-state index in [-0.39, 0.29) is 27.9 Å². The van der Waals surface area contributed by atoms with Crippen molar-refractivity contribution in [3.63, 3.8) is 0 Å². The van der Waals surface area contributed by atoms with E-state index in [1.807, 2.05) is 6.92 Å². The largest absolute Gasteiger partial charge is 0.480 e. The van der Waals surface area contributed by atoms with Crippen molar-refractivity contribution in [2.45, 2.75) is 36.0 Å². The second-order valence-electron chi connectivity index (χ2n) is 6.49. The van der Waals surface area contributed by atoms with Gasteiger partial charge in [-0.15, -0.1) is 22.0 Å². The van der Waals surface area contributed by atoms with Gasteiger partial charge in [-0.1, -0.05) is 18.3 Å². The van der Waals surface area contributed by atoms with Crippen LogP contribution in [-0.2, 0) is 30.8 Å². The Hall–Kier alpha value is -2.55. The van der Waals surface area contributed by atoms with Crippen molar-refractivity contribution in [2.75, 3.05) is 15.4 Å². The number of hydrogen-bond acceptors (Lipinski definition) is 10. The first-order valence-electron chi connectivity index (χ1n) is 9.04. The third-order valence-electron chi connectivity index (χ3n) is 4.30. The number of carboxylic acid groups (broad SMARTS) is 1. The fraction of sp³-hybridized carbons (Fsp3) is 0.353. The van der Waals surface area contributed by atoms with Crippen molar-refractivity contribution in [2.24, 2.45) is 5.73 Å². The molecule has 31 heavy (non-hydrogen) atoms. The smallest absolute Gasteiger partial charge is 0.321 e. The molecule has 0 aliphatic carbocycles. The Bertz CT molecular complexity index is 1100. The molecule has 14 heteroatoms. The number of anilines is 2.